The van der Waals surface area contributed by atoms with Gasteiger partial charge in [0.25, 0.3) is 5.91 Å². The van der Waals surface area contributed by atoms with E-state index in [2.05, 4.69) is 10.4 Å². The fourth-order valence-corrected chi connectivity index (χ4v) is 4.01. The van der Waals surface area contributed by atoms with Gasteiger partial charge in [0.05, 0.1) is 18.7 Å². The van der Waals surface area contributed by atoms with Crippen molar-refractivity contribution in [3.63, 3.8) is 0 Å². The van der Waals surface area contributed by atoms with Crippen molar-refractivity contribution in [2.45, 2.75) is 31.5 Å². The highest BCUT2D eigenvalue weighted by Gasteiger charge is 2.36. The van der Waals surface area contributed by atoms with E-state index in [1.54, 1.807) is 34.3 Å². The minimum Gasteiger partial charge on any atom is -0.454 e. The van der Waals surface area contributed by atoms with Gasteiger partial charge in [0, 0.05) is 17.3 Å². The predicted octanol–water partition coefficient (Wildman–Crippen LogP) is 2.83. The molecule has 1 aliphatic carbocycles. The normalized spacial score (nSPS) is 20.8. The number of nitrogens with one attached hydrogen (secondary N) is 1. The van der Waals surface area contributed by atoms with Crippen LogP contribution in [0.15, 0.2) is 52.5 Å². The molecule has 1 atom stereocenters. The molecule has 0 spiro atoms. The number of rotatable bonds is 6. The molecule has 2 N–H and O–H groups in total. The van der Waals surface area contributed by atoms with Gasteiger partial charge in [-0.25, -0.2) is 0 Å². The summed E-state index contributed by atoms with van der Waals surface area (Å²) in [5.41, 5.74) is 0. The van der Waals surface area contributed by atoms with Gasteiger partial charge in [-0.15, -0.1) is 11.3 Å². The van der Waals surface area contributed by atoms with Crippen molar-refractivity contribution in [1.82, 2.24) is 15.1 Å². The standard InChI is InChI=1S/C18H19N3O3S/c22-13-9-12(10-13)17(16-3-1-8-25-16)20-18(23)15-5-4-14(24-15)11-21-7-2-6-19-21/h1-8,12-13,17,22H,9-11H2,(H,20,23). The van der Waals surface area contributed by atoms with Gasteiger partial charge in [0.2, 0.25) is 0 Å². The first-order valence-electron chi connectivity index (χ1n) is 8.27. The molecule has 6 nitrogen and oxygen atoms in total. The number of aliphatic hydroxyl groups is 1. The molecule has 4 rings (SSSR count). The van der Waals surface area contributed by atoms with E-state index in [9.17, 15) is 9.90 Å². The molecule has 3 heterocycles. The van der Waals surface area contributed by atoms with Crippen LogP contribution in [0.3, 0.4) is 0 Å². The fraction of sp³-hybridized carbons (Fsp3) is 0.333. The van der Waals surface area contributed by atoms with Crippen LogP contribution in [0, 0.1) is 5.92 Å². The summed E-state index contributed by atoms with van der Waals surface area (Å²) in [7, 11) is 0. The smallest absolute Gasteiger partial charge is 0.287 e. The number of hydrogen-bond donors (Lipinski definition) is 2. The molecule has 1 saturated carbocycles. The number of nitrogens with zero attached hydrogens (tertiary/aromatic N) is 2. The third kappa shape index (κ3) is 3.52. The molecule has 0 saturated heterocycles. The van der Waals surface area contributed by atoms with Crippen LogP contribution < -0.4 is 5.32 Å². The van der Waals surface area contributed by atoms with Crippen molar-refractivity contribution in [3.05, 3.63) is 64.5 Å². The van der Waals surface area contributed by atoms with Gasteiger partial charge < -0.3 is 14.8 Å². The van der Waals surface area contributed by atoms with Gasteiger partial charge in [-0.2, -0.15) is 5.10 Å². The molecule has 0 bridgehead atoms. The van der Waals surface area contributed by atoms with Gasteiger partial charge in [-0.3, -0.25) is 9.48 Å². The summed E-state index contributed by atoms with van der Waals surface area (Å²) in [6.45, 7) is 0.490. The van der Waals surface area contributed by atoms with Crippen LogP contribution in [0.4, 0.5) is 0 Å². The Morgan fingerprint density at radius 3 is 2.96 bits per heavy atom. The fourth-order valence-electron chi connectivity index (χ4n) is 3.14. The van der Waals surface area contributed by atoms with Gasteiger partial charge in [-0.1, -0.05) is 6.07 Å². The summed E-state index contributed by atoms with van der Waals surface area (Å²) in [5, 5.41) is 18.8. The van der Waals surface area contributed by atoms with Crippen LogP contribution >= 0.6 is 11.3 Å². The molecule has 0 aromatic carbocycles. The maximum Gasteiger partial charge on any atom is 0.287 e. The molecule has 0 aliphatic heterocycles. The third-order valence-electron chi connectivity index (χ3n) is 4.52. The first kappa shape index (κ1) is 16.1. The molecule has 1 aliphatic rings. The Bertz CT molecular complexity index is 820. The molecule has 7 heteroatoms. The molecule has 0 radical (unpaired) electrons. The van der Waals surface area contributed by atoms with Crippen LogP contribution in [0.5, 0.6) is 0 Å². The molecule has 1 amide bonds. The van der Waals surface area contributed by atoms with Crippen molar-refractivity contribution >= 4 is 17.2 Å². The maximum atomic E-state index is 12.6. The maximum absolute atomic E-state index is 12.6. The highest BCUT2D eigenvalue weighted by atomic mass is 32.1. The first-order valence-corrected chi connectivity index (χ1v) is 9.15. The average Bonchev–Trinajstić information content (AvgIpc) is 3.31. The van der Waals surface area contributed by atoms with Gasteiger partial charge >= 0.3 is 0 Å². The Hall–Kier alpha value is -2.38. The number of furan rings is 1. The second-order valence-corrected chi connectivity index (χ2v) is 7.30. The molecule has 1 unspecified atom stereocenters. The highest BCUT2D eigenvalue weighted by molar-refractivity contribution is 7.10. The largest absolute Gasteiger partial charge is 0.454 e. The molecular formula is C18H19N3O3S. The molecular weight excluding hydrogens is 338 g/mol. The molecule has 130 valence electrons. The summed E-state index contributed by atoms with van der Waals surface area (Å²) >= 11 is 1.62. The average molecular weight is 357 g/mol. The molecule has 1 fully saturated rings. The number of thiophene rings is 1. The second kappa shape index (κ2) is 6.85. The summed E-state index contributed by atoms with van der Waals surface area (Å²) in [4.78, 5) is 13.7. The highest BCUT2D eigenvalue weighted by Crippen LogP contribution is 2.39. The summed E-state index contributed by atoms with van der Waals surface area (Å²) in [6, 6.07) is 9.24. The Morgan fingerprint density at radius 2 is 2.28 bits per heavy atom. The van der Waals surface area contributed by atoms with Gasteiger partial charge in [-0.05, 0) is 48.4 Å². The lowest BCUT2D eigenvalue weighted by molar-refractivity contribution is 0.0238. The molecule has 3 aromatic heterocycles. The van der Waals surface area contributed by atoms with E-state index in [4.69, 9.17) is 4.42 Å². The molecule has 25 heavy (non-hydrogen) atoms. The van der Waals surface area contributed by atoms with E-state index in [1.165, 1.54) is 0 Å². The number of aromatic nitrogens is 2. The van der Waals surface area contributed by atoms with Crippen LogP contribution in [0.25, 0.3) is 0 Å². The minimum atomic E-state index is -0.256. The zero-order valence-corrected chi connectivity index (χ0v) is 14.4. The zero-order valence-electron chi connectivity index (χ0n) is 13.5. The Balaban J connectivity index is 1.45. The van der Waals surface area contributed by atoms with Gasteiger partial charge in [0.15, 0.2) is 5.76 Å². The van der Waals surface area contributed by atoms with Crippen LogP contribution in [0.2, 0.25) is 0 Å². The SMILES string of the molecule is O=C(NC(c1cccs1)C1CC(O)C1)c1ccc(Cn2cccn2)o1. The number of amides is 1. The van der Waals surface area contributed by atoms with E-state index < -0.39 is 0 Å². The van der Waals surface area contributed by atoms with E-state index in [-0.39, 0.29) is 24.0 Å². The lowest BCUT2D eigenvalue weighted by atomic mass is 9.76. The van der Waals surface area contributed by atoms with E-state index in [0.29, 0.717) is 30.9 Å². The summed E-state index contributed by atoms with van der Waals surface area (Å²) in [5.74, 6) is 1.01. The van der Waals surface area contributed by atoms with Crippen molar-refractivity contribution in [2.24, 2.45) is 5.92 Å². The lowest BCUT2D eigenvalue weighted by Gasteiger charge is -2.37. The monoisotopic (exact) mass is 357 g/mol. The number of aliphatic hydroxyl groups excluding tert-OH is 1. The van der Waals surface area contributed by atoms with Crippen molar-refractivity contribution in [3.8, 4) is 0 Å². The van der Waals surface area contributed by atoms with E-state index in [1.807, 2.05) is 29.8 Å². The van der Waals surface area contributed by atoms with Crippen molar-refractivity contribution in [2.75, 3.05) is 0 Å². The number of hydrogen-bond acceptors (Lipinski definition) is 5. The van der Waals surface area contributed by atoms with Crippen molar-refractivity contribution in [1.29, 1.82) is 0 Å². The van der Waals surface area contributed by atoms with Crippen LogP contribution in [-0.4, -0.2) is 26.9 Å². The Labute approximate surface area is 149 Å². The Kier molecular flexibility index (Phi) is 4.42. The first-order chi connectivity index (χ1) is 12.2. The quantitative estimate of drug-likeness (QED) is 0.711. The lowest BCUT2D eigenvalue weighted by Crippen LogP contribution is -2.41. The Morgan fingerprint density at radius 1 is 1.40 bits per heavy atom. The molecule has 3 aromatic rings. The minimum absolute atomic E-state index is 0.0874. The summed E-state index contributed by atoms with van der Waals surface area (Å²) in [6.07, 6.45) is 4.72. The number of carbonyl (C=O) groups is 1. The van der Waals surface area contributed by atoms with Gasteiger partial charge in [0.1, 0.15) is 5.76 Å². The van der Waals surface area contributed by atoms with Crippen LogP contribution in [0.1, 0.15) is 40.1 Å². The van der Waals surface area contributed by atoms with Crippen molar-refractivity contribution < 1.29 is 14.3 Å². The number of carbonyl (C=O) groups excluding carboxylic acids is 1. The topological polar surface area (TPSA) is 80.3 Å². The van der Waals surface area contributed by atoms with E-state index in [0.717, 1.165) is 4.88 Å². The zero-order chi connectivity index (χ0) is 17.2. The predicted molar refractivity (Wildman–Crippen MR) is 93.3 cm³/mol. The van der Waals surface area contributed by atoms with E-state index >= 15 is 0 Å². The second-order valence-electron chi connectivity index (χ2n) is 6.32. The third-order valence-corrected chi connectivity index (χ3v) is 5.48. The summed E-state index contributed by atoms with van der Waals surface area (Å²) < 4.78 is 7.41. The van der Waals surface area contributed by atoms with Crippen LogP contribution in [-0.2, 0) is 6.54 Å².